The van der Waals surface area contributed by atoms with Gasteiger partial charge in [-0.1, -0.05) is 19.3 Å². The minimum Gasteiger partial charge on any atom is -0.497 e. The number of aryl methyl sites for hydroxylation is 1. The summed E-state index contributed by atoms with van der Waals surface area (Å²) in [5, 5.41) is 7.50. The molecule has 134 valence electrons. The number of benzene rings is 1. The van der Waals surface area contributed by atoms with E-state index in [9.17, 15) is 4.79 Å². The van der Waals surface area contributed by atoms with Crippen molar-refractivity contribution in [3.05, 3.63) is 30.0 Å². The van der Waals surface area contributed by atoms with Crippen molar-refractivity contribution in [1.29, 1.82) is 0 Å². The fourth-order valence-corrected chi connectivity index (χ4v) is 3.35. The zero-order valence-corrected chi connectivity index (χ0v) is 15.0. The Morgan fingerprint density at radius 1 is 1.16 bits per heavy atom. The van der Waals surface area contributed by atoms with Crippen LogP contribution in [-0.4, -0.2) is 35.9 Å². The Morgan fingerprint density at radius 3 is 2.60 bits per heavy atom. The van der Waals surface area contributed by atoms with E-state index in [1.807, 2.05) is 25.2 Å². The third-order valence-corrected chi connectivity index (χ3v) is 4.74. The van der Waals surface area contributed by atoms with Crippen molar-refractivity contribution >= 4 is 5.91 Å². The van der Waals surface area contributed by atoms with Crippen molar-refractivity contribution in [2.45, 2.75) is 38.1 Å². The maximum Gasteiger partial charge on any atom is 0.272 e. The summed E-state index contributed by atoms with van der Waals surface area (Å²) in [4.78, 5) is 12.5. The molecular weight excluding hydrogens is 318 g/mol. The number of nitrogens with one attached hydrogen (secondary N) is 1. The molecule has 1 aliphatic carbocycles. The van der Waals surface area contributed by atoms with Gasteiger partial charge < -0.3 is 14.8 Å². The zero-order chi connectivity index (χ0) is 17.8. The minimum atomic E-state index is -0.115. The number of carbonyl (C=O) groups is 1. The smallest absolute Gasteiger partial charge is 0.272 e. The average Bonchev–Trinajstić information content (AvgIpc) is 3.03. The lowest BCUT2D eigenvalue weighted by atomic mass is 9.95. The zero-order valence-electron chi connectivity index (χ0n) is 15.0. The van der Waals surface area contributed by atoms with Crippen LogP contribution in [0.4, 0.5) is 0 Å². The number of aromatic nitrogens is 2. The predicted molar refractivity (Wildman–Crippen MR) is 96.1 cm³/mol. The van der Waals surface area contributed by atoms with Crippen LogP contribution in [0.5, 0.6) is 11.5 Å². The van der Waals surface area contributed by atoms with Crippen molar-refractivity contribution in [2.24, 2.45) is 7.05 Å². The van der Waals surface area contributed by atoms with Gasteiger partial charge >= 0.3 is 0 Å². The van der Waals surface area contributed by atoms with Crippen molar-refractivity contribution in [1.82, 2.24) is 15.1 Å². The predicted octanol–water partition coefficient (Wildman–Crippen LogP) is 3.17. The summed E-state index contributed by atoms with van der Waals surface area (Å²) in [5.74, 6) is 1.32. The van der Waals surface area contributed by atoms with Crippen LogP contribution in [0.3, 0.4) is 0 Å². The van der Waals surface area contributed by atoms with Gasteiger partial charge in [0.2, 0.25) is 0 Å². The molecule has 0 aliphatic heterocycles. The van der Waals surface area contributed by atoms with Crippen molar-refractivity contribution < 1.29 is 14.3 Å². The Hall–Kier alpha value is -2.50. The van der Waals surface area contributed by atoms with Gasteiger partial charge in [-0.2, -0.15) is 5.10 Å². The van der Waals surface area contributed by atoms with Crippen LogP contribution in [0.1, 0.15) is 42.6 Å². The Kier molecular flexibility index (Phi) is 5.26. The van der Waals surface area contributed by atoms with E-state index in [0.29, 0.717) is 11.4 Å². The van der Waals surface area contributed by atoms with Gasteiger partial charge in [-0.25, -0.2) is 0 Å². The Bertz CT molecular complexity index is 748. The lowest BCUT2D eigenvalue weighted by molar-refractivity contribution is 0.0922. The molecule has 1 fully saturated rings. The summed E-state index contributed by atoms with van der Waals surface area (Å²) in [6, 6.07) is 7.64. The molecule has 0 radical (unpaired) electrons. The van der Waals surface area contributed by atoms with Crippen LogP contribution < -0.4 is 14.8 Å². The number of hydrogen-bond acceptors (Lipinski definition) is 4. The van der Waals surface area contributed by atoms with Gasteiger partial charge in [0.1, 0.15) is 11.5 Å². The van der Waals surface area contributed by atoms with E-state index >= 15 is 0 Å². The van der Waals surface area contributed by atoms with E-state index in [4.69, 9.17) is 9.47 Å². The first-order valence-electron chi connectivity index (χ1n) is 8.69. The van der Waals surface area contributed by atoms with Gasteiger partial charge in [-0.05, 0) is 37.1 Å². The summed E-state index contributed by atoms with van der Waals surface area (Å²) in [7, 11) is 5.07. The molecular formula is C19H25N3O3. The molecule has 1 heterocycles. The summed E-state index contributed by atoms with van der Waals surface area (Å²) in [5.41, 5.74) is 2.08. The molecule has 1 aliphatic rings. The highest BCUT2D eigenvalue weighted by atomic mass is 16.5. The third-order valence-electron chi connectivity index (χ3n) is 4.74. The Morgan fingerprint density at radius 2 is 1.92 bits per heavy atom. The number of methoxy groups -OCH3 is 2. The number of hydrogen-bond donors (Lipinski definition) is 1. The van der Waals surface area contributed by atoms with Crippen molar-refractivity contribution in [2.75, 3.05) is 14.2 Å². The molecule has 0 bridgehead atoms. The van der Waals surface area contributed by atoms with Crippen LogP contribution >= 0.6 is 0 Å². The van der Waals surface area contributed by atoms with E-state index in [1.54, 1.807) is 25.0 Å². The molecule has 0 saturated heterocycles. The fraction of sp³-hybridized carbons (Fsp3) is 0.474. The molecule has 3 rings (SSSR count). The molecule has 1 aromatic carbocycles. The quantitative estimate of drug-likeness (QED) is 0.906. The summed E-state index contributed by atoms with van der Waals surface area (Å²) in [6.07, 6.45) is 5.72. The number of amides is 1. The maximum atomic E-state index is 12.5. The van der Waals surface area contributed by atoms with Gasteiger partial charge in [0, 0.05) is 18.7 Å². The number of nitrogens with zero attached hydrogens (tertiary/aromatic N) is 2. The molecule has 1 N–H and O–H groups in total. The second-order valence-electron chi connectivity index (χ2n) is 6.41. The highest BCUT2D eigenvalue weighted by molar-refractivity contribution is 5.93. The molecule has 2 aromatic rings. The summed E-state index contributed by atoms with van der Waals surface area (Å²) < 4.78 is 12.5. The van der Waals surface area contributed by atoms with Crippen LogP contribution in [0.2, 0.25) is 0 Å². The molecule has 1 aromatic heterocycles. The molecule has 6 nitrogen and oxygen atoms in total. The molecule has 6 heteroatoms. The van der Waals surface area contributed by atoms with E-state index < -0.39 is 0 Å². The first kappa shape index (κ1) is 17.3. The normalized spacial score (nSPS) is 15.0. The maximum absolute atomic E-state index is 12.5. The topological polar surface area (TPSA) is 65.4 Å². The first-order chi connectivity index (χ1) is 12.1. The second-order valence-corrected chi connectivity index (χ2v) is 6.41. The van der Waals surface area contributed by atoms with E-state index in [2.05, 4.69) is 10.4 Å². The van der Waals surface area contributed by atoms with Gasteiger partial charge in [0.05, 0.1) is 19.9 Å². The van der Waals surface area contributed by atoms with Gasteiger partial charge in [0.25, 0.3) is 5.91 Å². The molecule has 0 unspecified atom stereocenters. The number of carbonyl (C=O) groups excluding carboxylic acids is 1. The summed E-state index contributed by atoms with van der Waals surface area (Å²) >= 11 is 0. The highest BCUT2D eigenvalue weighted by Gasteiger charge is 2.21. The van der Waals surface area contributed by atoms with E-state index in [0.717, 1.165) is 29.8 Å². The average molecular weight is 343 g/mol. The first-order valence-corrected chi connectivity index (χ1v) is 8.69. The van der Waals surface area contributed by atoms with E-state index in [-0.39, 0.29) is 11.9 Å². The third kappa shape index (κ3) is 3.78. The van der Waals surface area contributed by atoms with Crippen LogP contribution in [0.25, 0.3) is 11.3 Å². The molecule has 25 heavy (non-hydrogen) atoms. The molecule has 0 atom stereocenters. The van der Waals surface area contributed by atoms with Crippen molar-refractivity contribution in [3.63, 3.8) is 0 Å². The van der Waals surface area contributed by atoms with Crippen LogP contribution in [0, 0.1) is 0 Å². The highest BCUT2D eigenvalue weighted by Crippen LogP contribution is 2.33. The minimum absolute atomic E-state index is 0.115. The number of ether oxygens (including phenoxy) is 2. The molecule has 0 spiro atoms. The standard InChI is InChI=1S/C19H25N3O3/c1-22-17(15-11-14(24-2)9-10-18(15)25-3)12-16(21-22)19(23)20-13-7-5-4-6-8-13/h9-13H,4-8H2,1-3H3,(H,20,23). The van der Waals surface area contributed by atoms with Crippen molar-refractivity contribution in [3.8, 4) is 22.8 Å². The Balaban J connectivity index is 1.86. The SMILES string of the molecule is COc1ccc(OC)c(-c2cc(C(=O)NC3CCCCC3)nn2C)c1. The van der Waals surface area contributed by atoms with Crippen LogP contribution in [-0.2, 0) is 7.05 Å². The molecule has 1 saturated carbocycles. The van der Waals surface area contributed by atoms with Crippen LogP contribution in [0.15, 0.2) is 24.3 Å². The lowest BCUT2D eigenvalue weighted by Crippen LogP contribution is -2.36. The largest absolute Gasteiger partial charge is 0.497 e. The molecule has 1 amide bonds. The van der Waals surface area contributed by atoms with E-state index in [1.165, 1.54) is 19.3 Å². The lowest BCUT2D eigenvalue weighted by Gasteiger charge is -2.22. The Labute approximate surface area is 148 Å². The van der Waals surface area contributed by atoms with Gasteiger partial charge in [-0.3, -0.25) is 9.48 Å². The second kappa shape index (κ2) is 7.59. The summed E-state index contributed by atoms with van der Waals surface area (Å²) in [6.45, 7) is 0. The van der Waals surface area contributed by atoms with Gasteiger partial charge in [0.15, 0.2) is 5.69 Å². The monoisotopic (exact) mass is 343 g/mol. The van der Waals surface area contributed by atoms with Gasteiger partial charge in [-0.15, -0.1) is 0 Å². The fourth-order valence-electron chi connectivity index (χ4n) is 3.35. The number of rotatable bonds is 5.